The third-order valence-corrected chi connectivity index (χ3v) is 3.43. The second-order valence-corrected chi connectivity index (χ2v) is 4.94. The maximum atomic E-state index is 12.8. The number of benzene rings is 1. The molecule has 0 aliphatic rings. The number of halogens is 2. The molecule has 1 heterocycles. The molecule has 0 nitrogen and oxygen atoms in total. The summed E-state index contributed by atoms with van der Waals surface area (Å²) in [7, 11) is 0. The fraction of sp³-hybridized carbons (Fsp3) is 0.111. The van der Waals surface area contributed by atoms with Gasteiger partial charge in [-0.1, -0.05) is 0 Å². The van der Waals surface area contributed by atoms with Gasteiger partial charge in [0, 0.05) is 8.27 Å². The zero-order valence-electron chi connectivity index (χ0n) is 6.40. The summed E-state index contributed by atoms with van der Waals surface area (Å²) < 4.78 is 15.1. The first-order valence-electron chi connectivity index (χ1n) is 3.52. The van der Waals surface area contributed by atoms with Crippen molar-refractivity contribution in [2.24, 2.45) is 0 Å². The number of fused-ring (bicyclic) bond motifs is 1. The Morgan fingerprint density at radius 1 is 1.33 bits per heavy atom. The number of hydrogen-bond acceptors (Lipinski definition) is 1. The Bertz CT molecular complexity index is 433. The van der Waals surface area contributed by atoms with Crippen LogP contribution in [-0.2, 0) is 0 Å². The lowest BCUT2D eigenvalue weighted by Gasteiger charge is -1.95. The summed E-state index contributed by atoms with van der Waals surface area (Å²) in [5, 5.41) is 0.914. The maximum Gasteiger partial charge on any atom is 0.177 e. The zero-order valence-corrected chi connectivity index (χ0v) is 9.37. The minimum atomic E-state index is -0.102. The van der Waals surface area contributed by atoms with Crippen LogP contribution in [0.15, 0.2) is 18.2 Å². The molecule has 1 aromatic carbocycles. The first kappa shape index (κ1) is 8.44. The summed E-state index contributed by atoms with van der Waals surface area (Å²) in [5.41, 5.74) is 1.16. The molecule has 0 radical (unpaired) electrons. The van der Waals surface area contributed by atoms with E-state index in [4.69, 9.17) is 0 Å². The Kier molecular flexibility index (Phi) is 2.08. The van der Waals surface area contributed by atoms with Crippen molar-refractivity contribution in [3.05, 3.63) is 32.5 Å². The molecule has 12 heavy (non-hydrogen) atoms. The van der Waals surface area contributed by atoms with Crippen LogP contribution in [0.2, 0.25) is 0 Å². The maximum absolute atomic E-state index is 12.8. The Morgan fingerprint density at radius 2 is 2.08 bits per heavy atom. The number of thiophene rings is 1. The largest absolute Gasteiger partial charge is 0.195 e. The Labute approximate surface area is 87.5 Å². The van der Waals surface area contributed by atoms with Crippen molar-refractivity contribution in [1.29, 1.82) is 0 Å². The molecule has 0 unspecified atom stereocenters. The molecule has 0 spiro atoms. The van der Waals surface area contributed by atoms with Crippen molar-refractivity contribution in [2.75, 3.05) is 0 Å². The van der Waals surface area contributed by atoms with Crippen LogP contribution in [0.3, 0.4) is 0 Å². The quantitative estimate of drug-likeness (QED) is 0.645. The molecule has 0 amide bonds. The molecule has 0 saturated carbocycles. The van der Waals surface area contributed by atoms with Crippen molar-refractivity contribution in [2.45, 2.75) is 6.92 Å². The van der Waals surface area contributed by atoms with E-state index < -0.39 is 0 Å². The third-order valence-electron chi connectivity index (χ3n) is 1.74. The standard InChI is InChI=1S/C9H6FIS/c1-5-2-7(11)3-6-4-8(10)12-9(5)6/h2-4H,1H3. The van der Waals surface area contributed by atoms with Crippen LogP contribution in [0.25, 0.3) is 10.1 Å². The van der Waals surface area contributed by atoms with Crippen molar-refractivity contribution < 1.29 is 4.39 Å². The molecule has 0 aliphatic heterocycles. The van der Waals surface area contributed by atoms with Gasteiger partial charge in [0.2, 0.25) is 0 Å². The van der Waals surface area contributed by atoms with Crippen LogP contribution in [0, 0.1) is 15.6 Å². The summed E-state index contributed by atoms with van der Waals surface area (Å²) in [4.78, 5) is 0. The molecule has 1 aromatic heterocycles. The Hall–Kier alpha value is -0.160. The van der Waals surface area contributed by atoms with Crippen molar-refractivity contribution in [3.8, 4) is 0 Å². The topological polar surface area (TPSA) is 0 Å². The molecule has 0 aliphatic carbocycles. The summed E-state index contributed by atoms with van der Waals surface area (Å²) in [5.74, 6) is 0. The minimum absolute atomic E-state index is 0.102. The molecule has 2 aromatic rings. The molecular weight excluding hydrogens is 286 g/mol. The lowest BCUT2D eigenvalue weighted by molar-refractivity contribution is 0.658. The predicted molar refractivity (Wildman–Crippen MR) is 59.2 cm³/mol. The van der Waals surface area contributed by atoms with Crippen molar-refractivity contribution in [3.63, 3.8) is 0 Å². The van der Waals surface area contributed by atoms with E-state index in [0.717, 1.165) is 19.2 Å². The van der Waals surface area contributed by atoms with Crippen LogP contribution in [0.4, 0.5) is 4.39 Å². The van der Waals surface area contributed by atoms with Gasteiger partial charge in [0.15, 0.2) is 5.13 Å². The average Bonchev–Trinajstić information content (AvgIpc) is 2.29. The van der Waals surface area contributed by atoms with Crippen LogP contribution >= 0.6 is 33.9 Å². The van der Waals surface area contributed by atoms with E-state index in [2.05, 4.69) is 28.7 Å². The highest BCUT2D eigenvalue weighted by Crippen LogP contribution is 2.29. The van der Waals surface area contributed by atoms with Gasteiger partial charge in [-0.05, 0) is 58.7 Å². The molecule has 0 atom stereocenters. The highest BCUT2D eigenvalue weighted by molar-refractivity contribution is 14.1. The molecule has 0 fully saturated rings. The predicted octanol–water partition coefficient (Wildman–Crippen LogP) is 3.95. The summed E-state index contributed by atoms with van der Waals surface area (Å²) in [6.07, 6.45) is 0. The van der Waals surface area contributed by atoms with E-state index in [1.165, 1.54) is 11.3 Å². The number of aryl methyl sites for hydroxylation is 1. The van der Waals surface area contributed by atoms with Gasteiger partial charge in [-0.25, -0.2) is 0 Å². The summed E-state index contributed by atoms with van der Waals surface area (Å²) >= 11 is 3.46. The van der Waals surface area contributed by atoms with Crippen LogP contribution < -0.4 is 0 Å². The van der Waals surface area contributed by atoms with Gasteiger partial charge < -0.3 is 0 Å². The van der Waals surface area contributed by atoms with Crippen molar-refractivity contribution >= 4 is 44.0 Å². The first-order chi connectivity index (χ1) is 5.66. The average molecular weight is 292 g/mol. The van der Waals surface area contributed by atoms with Crippen LogP contribution in [-0.4, -0.2) is 0 Å². The normalized spacial score (nSPS) is 10.9. The Balaban J connectivity index is 2.88. The fourth-order valence-corrected chi connectivity index (χ4v) is 2.89. The second kappa shape index (κ2) is 2.96. The van der Waals surface area contributed by atoms with Gasteiger partial charge in [0.25, 0.3) is 0 Å². The molecule has 0 bridgehead atoms. The molecule has 2 rings (SSSR count). The lowest BCUT2D eigenvalue weighted by Crippen LogP contribution is -1.74. The molecule has 62 valence electrons. The summed E-state index contributed by atoms with van der Waals surface area (Å²) in [6.45, 7) is 2.01. The van der Waals surface area contributed by atoms with Gasteiger partial charge in [-0.3, -0.25) is 0 Å². The third kappa shape index (κ3) is 1.35. The van der Waals surface area contributed by atoms with Crippen LogP contribution in [0.1, 0.15) is 5.56 Å². The van der Waals surface area contributed by atoms with E-state index in [0.29, 0.717) is 0 Å². The van der Waals surface area contributed by atoms with Crippen LogP contribution in [0.5, 0.6) is 0 Å². The van der Waals surface area contributed by atoms with E-state index in [-0.39, 0.29) is 5.13 Å². The lowest BCUT2D eigenvalue weighted by atomic mass is 10.2. The van der Waals surface area contributed by atoms with Gasteiger partial charge in [0.1, 0.15) is 0 Å². The van der Waals surface area contributed by atoms with Gasteiger partial charge in [-0.15, -0.1) is 11.3 Å². The van der Waals surface area contributed by atoms with Gasteiger partial charge in [0.05, 0.1) is 0 Å². The highest BCUT2D eigenvalue weighted by Gasteiger charge is 2.04. The molecular formula is C9H6FIS. The first-order valence-corrected chi connectivity index (χ1v) is 5.41. The molecule has 0 N–H and O–H groups in total. The SMILES string of the molecule is Cc1cc(I)cc2cc(F)sc12. The monoisotopic (exact) mass is 292 g/mol. The van der Waals surface area contributed by atoms with Crippen molar-refractivity contribution in [1.82, 2.24) is 0 Å². The number of hydrogen-bond donors (Lipinski definition) is 0. The molecule has 3 heteroatoms. The molecule has 0 saturated heterocycles. The summed E-state index contributed by atoms with van der Waals surface area (Å²) in [6, 6.07) is 5.66. The highest BCUT2D eigenvalue weighted by atomic mass is 127. The zero-order chi connectivity index (χ0) is 8.72. The van der Waals surface area contributed by atoms with E-state index in [1.54, 1.807) is 6.07 Å². The number of rotatable bonds is 0. The Morgan fingerprint density at radius 3 is 2.83 bits per heavy atom. The fourth-order valence-electron chi connectivity index (χ4n) is 1.25. The van der Waals surface area contributed by atoms with E-state index in [9.17, 15) is 4.39 Å². The van der Waals surface area contributed by atoms with E-state index in [1.807, 2.05) is 13.0 Å². The van der Waals surface area contributed by atoms with Gasteiger partial charge in [-0.2, -0.15) is 4.39 Å². The van der Waals surface area contributed by atoms with Gasteiger partial charge >= 0.3 is 0 Å². The minimum Gasteiger partial charge on any atom is -0.195 e. The smallest absolute Gasteiger partial charge is 0.177 e. The second-order valence-electron chi connectivity index (χ2n) is 2.69. The van der Waals surface area contributed by atoms with E-state index >= 15 is 0 Å².